The minimum absolute atomic E-state index is 0.251. The van der Waals surface area contributed by atoms with Crippen LogP contribution in [-0.2, 0) is 23.7 Å². The van der Waals surface area contributed by atoms with E-state index in [4.69, 9.17) is 18.9 Å². The van der Waals surface area contributed by atoms with Gasteiger partial charge in [0.2, 0.25) is 5.91 Å². The Bertz CT molecular complexity index is 1660. The maximum Gasteiger partial charge on any atom is 0.220 e. The molecular weight excluding hydrogens is 979 g/mol. The molecule has 2 fully saturated rings. The van der Waals surface area contributed by atoms with Crippen LogP contribution in [0.2, 0.25) is 0 Å². The second-order valence-electron chi connectivity index (χ2n) is 20.7. The normalized spacial score (nSPS) is 25.4. The molecule has 2 saturated heterocycles. The van der Waals surface area contributed by atoms with E-state index < -0.39 is 86.8 Å². The van der Waals surface area contributed by atoms with Gasteiger partial charge in [-0.15, -0.1) is 0 Å². The number of carbonyl (C=O) groups is 1. The van der Waals surface area contributed by atoms with Gasteiger partial charge >= 0.3 is 0 Å². The predicted molar refractivity (Wildman–Crippen MR) is 309 cm³/mol. The molecule has 14 heteroatoms. The Balaban J connectivity index is 1.80. The SMILES string of the molecule is CC/C=C\C/C=C\C/C=C\C/C=C\C/C=C\CCCCCCCCCC(=O)NC(COC1OC(CO)C(OC2OC(CO)C(O)C(O)C2O)C(O)C1O)C(O)/C=C/CC/C=C/CC/C=C/CCCCCCCCCCCC. The van der Waals surface area contributed by atoms with Gasteiger partial charge in [0, 0.05) is 6.42 Å². The fourth-order valence-electron chi connectivity index (χ4n) is 9.17. The molecule has 12 unspecified atom stereocenters. The second-order valence-corrected chi connectivity index (χ2v) is 20.7. The number of unbranched alkanes of at least 4 members (excludes halogenated alkanes) is 19. The first kappa shape index (κ1) is 70.0. The molecule has 9 N–H and O–H groups in total. The van der Waals surface area contributed by atoms with Crippen LogP contribution in [0.1, 0.15) is 200 Å². The van der Waals surface area contributed by atoms with Crippen molar-refractivity contribution < 1.29 is 64.6 Å². The van der Waals surface area contributed by atoms with E-state index in [2.05, 4.69) is 104 Å². The van der Waals surface area contributed by atoms with Gasteiger partial charge in [0.15, 0.2) is 12.6 Å². The minimum atomic E-state index is -1.80. The van der Waals surface area contributed by atoms with E-state index in [1.807, 2.05) is 6.08 Å². The van der Waals surface area contributed by atoms with Gasteiger partial charge in [-0.05, 0) is 89.9 Å². The molecule has 77 heavy (non-hydrogen) atoms. The molecule has 12 atom stereocenters. The number of hydrogen-bond donors (Lipinski definition) is 9. The molecule has 0 bridgehead atoms. The van der Waals surface area contributed by atoms with Gasteiger partial charge in [-0.2, -0.15) is 0 Å². The van der Waals surface area contributed by atoms with Crippen molar-refractivity contribution in [1.29, 1.82) is 0 Å². The van der Waals surface area contributed by atoms with Crippen molar-refractivity contribution in [3.8, 4) is 0 Å². The predicted octanol–water partition coefficient (Wildman–Crippen LogP) is 10.3. The van der Waals surface area contributed by atoms with Crippen LogP contribution in [-0.4, -0.2) is 140 Å². The largest absolute Gasteiger partial charge is 0.394 e. The van der Waals surface area contributed by atoms with Crippen LogP contribution in [0.4, 0.5) is 0 Å². The Morgan fingerprint density at radius 3 is 1.43 bits per heavy atom. The number of ether oxygens (including phenoxy) is 4. The first-order valence-corrected chi connectivity index (χ1v) is 30.0. The first-order valence-electron chi connectivity index (χ1n) is 30.0. The van der Waals surface area contributed by atoms with E-state index in [9.17, 15) is 45.6 Å². The van der Waals surface area contributed by atoms with Gasteiger partial charge in [-0.3, -0.25) is 4.79 Å². The summed E-state index contributed by atoms with van der Waals surface area (Å²) in [4.78, 5) is 13.3. The van der Waals surface area contributed by atoms with Crippen LogP contribution >= 0.6 is 0 Å². The maximum absolute atomic E-state index is 13.3. The lowest BCUT2D eigenvalue weighted by Gasteiger charge is -2.46. The molecular formula is C63H107NO13. The topological polar surface area (TPSA) is 228 Å². The fraction of sp³-hybridized carbons (Fsp3) is 0.730. The Morgan fingerprint density at radius 1 is 0.481 bits per heavy atom. The number of carbonyl (C=O) groups excluding carboxylic acids is 1. The molecule has 0 aromatic rings. The number of allylic oxidation sites excluding steroid dienone is 15. The van der Waals surface area contributed by atoms with E-state index in [1.165, 1.54) is 64.2 Å². The van der Waals surface area contributed by atoms with Crippen LogP contribution in [0.15, 0.2) is 97.2 Å². The molecule has 0 spiro atoms. The standard InChI is InChI=1S/C63H107NO13/c1-3-5-7-9-11-13-15-17-19-21-23-25-26-27-29-31-33-35-37-39-41-43-45-47-55(68)64-51(52(67)46-44-42-40-38-36-34-32-30-28-24-22-20-18-16-14-12-10-8-6-4-2)50-74-62-60(73)58(71)61(54(49-66)76-62)77-63-59(72)57(70)56(69)53(48-65)75-63/h5,7,11,13,17,19,23,25,27-30,36,38,44,46,51-54,56-63,65-67,69-73H,3-4,6,8-10,12,14-16,18,20-22,24,26,31-35,37,39-43,45,47-50H2,1-2H3,(H,64,68)/b7-5-,13-11-,19-17-,25-23-,29-27-,30-28+,38-36+,46-44+. The van der Waals surface area contributed by atoms with Crippen molar-refractivity contribution in [2.45, 2.75) is 274 Å². The first-order chi connectivity index (χ1) is 37.6. The van der Waals surface area contributed by atoms with Gasteiger partial charge < -0.3 is 65.1 Å². The van der Waals surface area contributed by atoms with Gasteiger partial charge in [0.1, 0.15) is 48.8 Å². The molecule has 0 saturated carbocycles. The van der Waals surface area contributed by atoms with Crippen LogP contribution in [0.25, 0.3) is 0 Å². The lowest BCUT2D eigenvalue weighted by molar-refractivity contribution is -0.359. The Morgan fingerprint density at radius 2 is 0.909 bits per heavy atom. The molecule has 0 aromatic heterocycles. The summed E-state index contributed by atoms with van der Waals surface area (Å²) in [6, 6.07) is -0.951. The molecule has 0 radical (unpaired) electrons. The number of hydrogen-bond acceptors (Lipinski definition) is 13. The van der Waals surface area contributed by atoms with E-state index in [-0.39, 0.29) is 18.9 Å². The molecule has 1 amide bonds. The van der Waals surface area contributed by atoms with Crippen molar-refractivity contribution in [1.82, 2.24) is 5.32 Å². The molecule has 2 aliphatic rings. The van der Waals surface area contributed by atoms with Crippen molar-refractivity contribution in [3.63, 3.8) is 0 Å². The number of rotatable bonds is 46. The van der Waals surface area contributed by atoms with Crippen LogP contribution in [0.5, 0.6) is 0 Å². The number of amides is 1. The third-order valence-corrected chi connectivity index (χ3v) is 14.0. The minimum Gasteiger partial charge on any atom is -0.394 e. The van der Waals surface area contributed by atoms with Gasteiger partial charge in [-0.25, -0.2) is 0 Å². The van der Waals surface area contributed by atoms with E-state index in [0.717, 1.165) is 103 Å². The monoisotopic (exact) mass is 1090 g/mol. The van der Waals surface area contributed by atoms with Crippen LogP contribution < -0.4 is 5.32 Å². The summed E-state index contributed by atoms with van der Waals surface area (Å²) in [6.45, 7) is 2.64. The highest BCUT2D eigenvalue weighted by Gasteiger charge is 2.51. The highest BCUT2D eigenvalue weighted by atomic mass is 16.7. The molecule has 2 rings (SSSR count). The lowest BCUT2D eigenvalue weighted by Crippen LogP contribution is -2.65. The zero-order valence-electron chi connectivity index (χ0n) is 47.4. The van der Waals surface area contributed by atoms with Crippen LogP contribution in [0.3, 0.4) is 0 Å². The summed E-state index contributed by atoms with van der Waals surface area (Å²) in [6.07, 6.45) is 48.6. The summed E-state index contributed by atoms with van der Waals surface area (Å²) in [5.41, 5.74) is 0. The summed E-state index contributed by atoms with van der Waals surface area (Å²) < 4.78 is 22.7. The summed E-state index contributed by atoms with van der Waals surface area (Å²) in [5.74, 6) is -0.269. The second kappa shape index (κ2) is 47.7. The van der Waals surface area contributed by atoms with E-state index in [0.29, 0.717) is 12.8 Å². The smallest absolute Gasteiger partial charge is 0.220 e. The summed E-state index contributed by atoms with van der Waals surface area (Å²) in [5, 5.41) is 87.1. The van der Waals surface area contributed by atoms with Crippen LogP contribution in [0, 0.1) is 0 Å². The number of nitrogens with one attached hydrogen (secondary N) is 1. The summed E-state index contributed by atoms with van der Waals surface area (Å²) >= 11 is 0. The quantitative estimate of drug-likeness (QED) is 0.0205. The van der Waals surface area contributed by atoms with E-state index in [1.54, 1.807) is 6.08 Å². The molecule has 14 nitrogen and oxygen atoms in total. The van der Waals surface area contributed by atoms with Crippen molar-refractivity contribution in [2.24, 2.45) is 0 Å². The highest BCUT2D eigenvalue weighted by molar-refractivity contribution is 5.76. The van der Waals surface area contributed by atoms with Gasteiger partial charge in [0.05, 0.1) is 32.0 Å². The third-order valence-electron chi connectivity index (χ3n) is 14.0. The summed E-state index contributed by atoms with van der Waals surface area (Å²) in [7, 11) is 0. The molecule has 2 heterocycles. The lowest BCUT2D eigenvalue weighted by atomic mass is 9.97. The highest BCUT2D eigenvalue weighted by Crippen LogP contribution is 2.30. The average molecular weight is 1090 g/mol. The number of aliphatic hydroxyl groups excluding tert-OH is 8. The van der Waals surface area contributed by atoms with Gasteiger partial charge in [-0.1, -0.05) is 201 Å². The van der Waals surface area contributed by atoms with E-state index >= 15 is 0 Å². The zero-order valence-corrected chi connectivity index (χ0v) is 47.4. The zero-order chi connectivity index (χ0) is 56.0. The van der Waals surface area contributed by atoms with Crippen molar-refractivity contribution in [3.05, 3.63) is 97.2 Å². The molecule has 2 aliphatic heterocycles. The maximum atomic E-state index is 13.3. The molecule has 442 valence electrons. The van der Waals surface area contributed by atoms with Gasteiger partial charge in [0.25, 0.3) is 0 Å². The Hall–Kier alpha value is -3.09. The molecule has 0 aliphatic carbocycles. The fourth-order valence-corrected chi connectivity index (χ4v) is 9.17. The number of aliphatic hydroxyl groups is 8. The Kier molecular flexibility index (Phi) is 43.4. The third kappa shape index (κ3) is 33.3. The molecule has 0 aromatic carbocycles. The van der Waals surface area contributed by atoms with Crippen molar-refractivity contribution >= 4 is 5.91 Å². The average Bonchev–Trinajstić information content (AvgIpc) is 3.44. The Labute approximate surface area is 464 Å². The van der Waals surface area contributed by atoms with Crippen molar-refractivity contribution in [2.75, 3.05) is 19.8 Å².